The first-order valence-electron chi connectivity index (χ1n) is 13.3. The van der Waals surface area contributed by atoms with Crippen LogP contribution in [0.2, 0.25) is 0 Å². The molecule has 0 aromatic heterocycles. The van der Waals surface area contributed by atoms with Gasteiger partial charge in [-0.1, -0.05) is 103 Å². The SMILES string of the molecule is COC(=O)C1C[C@@](OCc2ccccc2)(c2ccc(-c3ccccc3)cc2)CN1C(=O)OCC1=CCCC=C1. The molecule has 6 nitrogen and oxygen atoms in total. The van der Waals surface area contributed by atoms with E-state index in [1.165, 1.54) is 12.0 Å². The smallest absolute Gasteiger partial charge is 0.410 e. The van der Waals surface area contributed by atoms with Crippen LogP contribution in [0.4, 0.5) is 4.79 Å². The highest BCUT2D eigenvalue weighted by molar-refractivity contribution is 5.82. The number of hydrogen-bond acceptors (Lipinski definition) is 5. The number of amides is 1. The van der Waals surface area contributed by atoms with Crippen molar-refractivity contribution in [1.29, 1.82) is 0 Å². The van der Waals surface area contributed by atoms with E-state index >= 15 is 0 Å². The molecule has 1 unspecified atom stereocenters. The minimum atomic E-state index is -0.924. The van der Waals surface area contributed by atoms with Crippen LogP contribution < -0.4 is 0 Å². The lowest BCUT2D eigenvalue weighted by Gasteiger charge is -2.30. The fourth-order valence-electron chi connectivity index (χ4n) is 5.20. The summed E-state index contributed by atoms with van der Waals surface area (Å²) in [5.41, 5.74) is 4.10. The molecule has 0 saturated carbocycles. The summed E-state index contributed by atoms with van der Waals surface area (Å²) in [5, 5.41) is 0. The van der Waals surface area contributed by atoms with E-state index in [2.05, 4.69) is 24.3 Å². The zero-order chi connectivity index (χ0) is 27.1. The van der Waals surface area contributed by atoms with Gasteiger partial charge in [-0.3, -0.25) is 4.90 Å². The van der Waals surface area contributed by atoms with E-state index in [1.807, 2.05) is 78.9 Å². The summed E-state index contributed by atoms with van der Waals surface area (Å²) in [6.45, 7) is 0.650. The first kappa shape index (κ1) is 26.4. The number of hydrogen-bond donors (Lipinski definition) is 0. The summed E-state index contributed by atoms with van der Waals surface area (Å²) in [4.78, 5) is 27.7. The zero-order valence-electron chi connectivity index (χ0n) is 22.1. The Labute approximate surface area is 229 Å². The van der Waals surface area contributed by atoms with Crippen molar-refractivity contribution in [3.8, 4) is 11.1 Å². The highest BCUT2D eigenvalue weighted by Crippen LogP contribution is 2.41. The average molecular weight is 524 g/mol. The van der Waals surface area contributed by atoms with Crippen LogP contribution in [0.3, 0.4) is 0 Å². The molecule has 0 spiro atoms. The molecule has 1 aliphatic heterocycles. The Hall–Kier alpha value is -4.16. The molecule has 39 heavy (non-hydrogen) atoms. The molecule has 1 saturated heterocycles. The minimum Gasteiger partial charge on any atom is -0.467 e. The summed E-state index contributed by atoms with van der Waals surface area (Å²) < 4.78 is 17.4. The molecule has 2 aliphatic rings. The second-order valence-corrected chi connectivity index (χ2v) is 9.90. The Bertz CT molecular complexity index is 1330. The molecule has 0 radical (unpaired) electrons. The highest BCUT2D eigenvalue weighted by Gasteiger charge is 2.52. The Balaban J connectivity index is 1.44. The average Bonchev–Trinajstić information content (AvgIpc) is 3.41. The van der Waals surface area contributed by atoms with Gasteiger partial charge in [0, 0.05) is 6.42 Å². The molecular formula is C33H33NO5. The van der Waals surface area contributed by atoms with Crippen LogP contribution >= 0.6 is 0 Å². The molecule has 1 fully saturated rings. The largest absolute Gasteiger partial charge is 0.467 e. The van der Waals surface area contributed by atoms with Crippen LogP contribution in [0.1, 0.15) is 30.4 Å². The highest BCUT2D eigenvalue weighted by atomic mass is 16.6. The van der Waals surface area contributed by atoms with Crippen LogP contribution in [-0.4, -0.2) is 43.3 Å². The summed E-state index contributed by atoms with van der Waals surface area (Å²) in [5.74, 6) is -0.491. The van der Waals surface area contributed by atoms with Gasteiger partial charge >= 0.3 is 12.1 Å². The molecule has 1 amide bonds. The molecule has 200 valence electrons. The van der Waals surface area contributed by atoms with Gasteiger partial charge in [-0.05, 0) is 40.7 Å². The molecule has 0 bridgehead atoms. The van der Waals surface area contributed by atoms with E-state index in [9.17, 15) is 9.59 Å². The summed E-state index contributed by atoms with van der Waals surface area (Å²) in [6.07, 6.45) is 7.71. The van der Waals surface area contributed by atoms with E-state index < -0.39 is 23.7 Å². The molecule has 3 aromatic carbocycles. The third-order valence-corrected chi connectivity index (χ3v) is 7.34. The van der Waals surface area contributed by atoms with Crippen molar-refractivity contribution in [2.75, 3.05) is 20.3 Å². The minimum absolute atomic E-state index is 0.156. The molecule has 2 atom stereocenters. The van der Waals surface area contributed by atoms with Crippen molar-refractivity contribution in [2.24, 2.45) is 0 Å². The second-order valence-electron chi connectivity index (χ2n) is 9.90. The number of allylic oxidation sites excluding steroid dienone is 2. The molecular weight excluding hydrogens is 490 g/mol. The van der Waals surface area contributed by atoms with Crippen LogP contribution in [-0.2, 0) is 31.2 Å². The number of ether oxygens (including phenoxy) is 3. The second kappa shape index (κ2) is 12.1. The molecule has 6 heteroatoms. The number of carbonyl (C=O) groups excluding carboxylic acids is 2. The number of likely N-dealkylation sites (tertiary alicyclic amines) is 1. The van der Waals surface area contributed by atoms with Crippen LogP contribution in [0.5, 0.6) is 0 Å². The number of methoxy groups -OCH3 is 1. The normalized spacial score (nSPS) is 20.4. The number of nitrogens with zero attached hydrogens (tertiary/aromatic N) is 1. The predicted octanol–water partition coefficient (Wildman–Crippen LogP) is 6.43. The Morgan fingerprint density at radius 2 is 1.56 bits per heavy atom. The zero-order valence-corrected chi connectivity index (χ0v) is 22.1. The molecule has 1 aliphatic carbocycles. The van der Waals surface area contributed by atoms with Gasteiger partial charge in [0.15, 0.2) is 0 Å². The van der Waals surface area contributed by atoms with E-state index in [0.29, 0.717) is 6.61 Å². The standard InChI is InChI=1S/C33H33NO5/c1-37-31(35)30-21-33(39-23-26-13-7-3-8-14-26,24-34(30)32(36)38-22-25-11-5-2-6-12-25)29-19-17-28(18-20-29)27-15-9-4-10-16-27/h3-5,7-20,30H,2,6,21-24H2,1H3/t30?,33-/m0/s1. The molecule has 5 rings (SSSR count). The van der Waals surface area contributed by atoms with Crippen molar-refractivity contribution in [1.82, 2.24) is 4.90 Å². The quantitative estimate of drug-likeness (QED) is 0.319. The Morgan fingerprint density at radius 1 is 0.872 bits per heavy atom. The van der Waals surface area contributed by atoms with Gasteiger partial charge in [-0.25, -0.2) is 9.59 Å². The van der Waals surface area contributed by atoms with Crippen LogP contribution in [0, 0.1) is 0 Å². The number of carbonyl (C=O) groups is 2. The van der Waals surface area contributed by atoms with Crippen molar-refractivity contribution < 1.29 is 23.8 Å². The van der Waals surface area contributed by atoms with Gasteiger partial charge < -0.3 is 14.2 Å². The molecule has 0 N–H and O–H groups in total. The van der Waals surface area contributed by atoms with Crippen LogP contribution in [0.25, 0.3) is 11.1 Å². The Kier molecular flexibility index (Phi) is 8.23. The van der Waals surface area contributed by atoms with Gasteiger partial charge in [0.25, 0.3) is 0 Å². The maximum absolute atomic E-state index is 13.3. The fraction of sp³-hybridized carbons (Fsp3) is 0.273. The van der Waals surface area contributed by atoms with E-state index in [1.54, 1.807) is 0 Å². The maximum atomic E-state index is 13.3. The topological polar surface area (TPSA) is 65.1 Å². The lowest BCUT2D eigenvalue weighted by atomic mass is 9.89. The number of rotatable bonds is 8. The van der Waals surface area contributed by atoms with Gasteiger partial charge in [0.1, 0.15) is 18.2 Å². The molecule has 3 aromatic rings. The van der Waals surface area contributed by atoms with Gasteiger partial charge in [-0.2, -0.15) is 0 Å². The first-order chi connectivity index (χ1) is 19.1. The maximum Gasteiger partial charge on any atom is 0.410 e. The summed E-state index contributed by atoms with van der Waals surface area (Å²) >= 11 is 0. The third kappa shape index (κ3) is 6.13. The lowest BCUT2D eigenvalue weighted by molar-refractivity contribution is -0.145. The van der Waals surface area contributed by atoms with Crippen molar-refractivity contribution in [3.05, 3.63) is 120 Å². The first-order valence-corrected chi connectivity index (χ1v) is 13.3. The fourth-order valence-corrected chi connectivity index (χ4v) is 5.20. The van der Waals surface area contributed by atoms with Crippen molar-refractivity contribution >= 4 is 12.1 Å². The number of esters is 1. The molecule has 1 heterocycles. The van der Waals surface area contributed by atoms with Gasteiger partial charge in [0.05, 0.1) is 20.3 Å². The summed E-state index contributed by atoms with van der Waals surface area (Å²) in [6, 6.07) is 27.3. The van der Waals surface area contributed by atoms with Crippen LogP contribution in [0.15, 0.2) is 109 Å². The van der Waals surface area contributed by atoms with Gasteiger partial charge in [-0.15, -0.1) is 0 Å². The van der Waals surface area contributed by atoms with Crippen molar-refractivity contribution in [3.63, 3.8) is 0 Å². The predicted molar refractivity (Wildman–Crippen MR) is 150 cm³/mol. The summed E-state index contributed by atoms with van der Waals surface area (Å²) in [7, 11) is 1.34. The van der Waals surface area contributed by atoms with E-state index in [-0.39, 0.29) is 19.6 Å². The van der Waals surface area contributed by atoms with E-state index in [4.69, 9.17) is 14.2 Å². The van der Waals surface area contributed by atoms with E-state index in [0.717, 1.165) is 40.7 Å². The number of benzene rings is 3. The third-order valence-electron chi connectivity index (χ3n) is 7.34. The Morgan fingerprint density at radius 3 is 2.23 bits per heavy atom. The van der Waals surface area contributed by atoms with Gasteiger partial charge in [0.2, 0.25) is 0 Å². The monoisotopic (exact) mass is 523 g/mol. The van der Waals surface area contributed by atoms with Crippen molar-refractivity contribution in [2.45, 2.75) is 37.5 Å². The lowest BCUT2D eigenvalue weighted by Crippen LogP contribution is -2.42.